The Kier molecular flexibility index (Phi) is 6.43. The van der Waals surface area contributed by atoms with E-state index in [1.165, 1.54) is 24.3 Å². The van der Waals surface area contributed by atoms with Gasteiger partial charge >= 0.3 is 5.97 Å². The van der Waals surface area contributed by atoms with Crippen molar-refractivity contribution in [3.05, 3.63) is 58.5 Å². The number of sulfonamides is 1. The minimum atomic E-state index is -4.21. The Balaban J connectivity index is 2.00. The lowest BCUT2D eigenvalue weighted by Crippen LogP contribution is -2.25. The lowest BCUT2D eigenvalue weighted by atomic mass is 10.1. The molecule has 0 bridgehead atoms. The van der Waals surface area contributed by atoms with Crippen LogP contribution in [0.25, 0.3) is 0 Å². The number of carbonyl (C=O) groups excluding carboxylic acids is 1. The molecule has 1 atom stereocenters. The van der Waals surface area contributed by atoms with Gasteiger partial charge in [-0.2, -0.15) is 12.8 Å². The summed E-state index contributed by atoms with van der Waals surface area (Å²) in [6.45, 7) is 2.17. The van der Waals surface area contributed by atoms with E-state index in [0.717, 1.165) is 0 Å². The number of allylic oxidation sites excluding steroid dienone is 5. The molecule has 0 saturated carbocycles. The van der Waals surface area contributed by atoms with Crippen LogP contribution in [-0.2, 0) is 24.3 Å². The standard InChI is InChI=1S/C19H18BrNO7S/c1-2-26-15-8-7-12(20)11-17(15)29(24,25)21-14-6-4-3-5-13(14)18(22)28-16-9-10-27-19(16)23/h3-8,11,16,22H,2,9-10H2,1H3/p-1/t16-/m1/s1. The van der Waals surface area contributed by atoms with Gasteiger partial charge in [0, 0.05) is 16.5 Å². The van der Waals surface area contributed by atoms with E-state index in [1.54, 1.807) is 25.1 Å². The highest BCUT2D eigenvalue weighted by molar-refractivity contribution is 9.10. The fraction of sp³-hybridized carbons (Fsp3) is 0.263. The number of nitrogens with zero attached hydrogens (tertiary/aromatic N) is 1. The summed E-state index contributed by atoms with van der Waals surface area (Å²) in [5, 5.41) is 12.5. The van der Waals surface area contributed by atoms with E-state index in [0.29, 0.717) is 4.47 Å². The van der Waals surface area contributed by atoms with Crippen molar-refractivity contribution in [3.8, 4) is 5.75 Å². The summed E-state index contributed by atoms with van der Waals surface area (Å²) in [7, 11) is -4.21. The third kappa shape index (κ3) is 4.88. The molecule has 1 aliphatic heterocycles. The van der Waals surface area contributed by atoms with Gasteiger partial charge in [-0.3, -0.25) is 4.79 Å². The number of esters is 1. The number of halogens is 1. The van der Waals surface area contributed by atoms with Crippen molar-refractivity contribution in [2.24, 2.45) is 4.40 Å². The van der Waals surface area contributed by atoms with Gasteiger partial charge in [-0.05, 0) is 31.2 Å². The molecule has 1 aromatic rings. The van der Waals surface area contributed by atoms with Crippen molar-refractivity contribution < 1.29 is 32.5 Å². The smallest absolute Gasteiger partial charge is 0.319 e. The van der Waals surface area contributed by atoms with Crippen LogP contribution in [0.15, 0.2) is 67.8 Å². The van der Waals surface area contributed by atoms with Crippen LogP contribution in [0.3, 0.4) is 0 Å². The summed E-state index contributed by atoms with van der Waals surface area (Å²) >= 11 is 3.24. The minimum absolute atomic E-state index is 0.0799. The largest absolute Gasteiger partial charge is 0.598 e. The molecule has 1 saturated heterocycles. The van der Waals surface area contributed by atoms with Crippen LogP contribution in [0.1, 0.15) is 13.3 Å². The lowest BCUT2D eigenvalue weighted by molar-refractivity contribution is -0.362. The van der Waals surface area contributed by atoms with E-state index in [1.807, 2.05) is 0 Å². The number of benzene rings is 1. The van der Waals surface area contributed by atoms with Crippen LogP contribution in [0.2, 0.25) is 0 Å². The van der Waals surface area contributed by atoms with Crippen LogP contribution in [0, 0.1) is 0 Å². The maximum absolute atomic E-state index is 12.9. The molecule has 0 unspecified atom stereocenters. The Morgan fingerprint density at radius 1 is 1.34 bits per heavy atom. The first kappa shape index (κ1) is 21.1. The molecule has 1 aromatic carbocycles. The zero-order valence-corrected chi connectivity index (χ0v) is 17.7. The number of carbonyl (C=O) groups is 1. The molecule has 0 amide bonds. The molecule has 8 nitrogen and oxygen atoms in total. The molecule has 1 aliphatic carbocycles. The predicted molar refractivity (Wildman–Crippen MR) is 106 cm³/mol. The topological polar surface area (TPSA) is 114 Å². The first-order valence-electron chi connectivity index (χ1n) is 8.69. The van der Waals surface area contributed by atoms with Crippen LogP contribution in [0.5, 0.6) is 5.75 Å². The number of rotatable bonds is 6. The Bertz CT molecular complexity index is 1040. The number of ether oxygens (including phenoxy) is 3. The van der Waals surface area contributed by atoms with Crippen molar-refractivity contribution in [2.75, 3.05) is 13.2 Å². The van der Waals surface area contributed by atoms with Crippen molar-refractivity contribution in [2.45, 2.75) is 24.3 Å². The van der Waals surface area contributed by atoms with Crippen molar-refractivity contribution in [3.63, 3.8) is 0 Å². The zero-order chi connectivity index (χ0) is 21.0. The van der Waals surface area contributed by atoms with Gasteiger partial charge in [0.1, 0.15) is 16.7 Å². The summed E-state index contributed by atoms with van der Waals surface area (Å²) in [6.07, 6.45) is 5.07. The molecule has 0 spiro atoms. The summed E-state index contributed by atoms with van der Waals surface area (Å²) in [5.74, 6) is -1.34. The Hall–Kier alpha value is -2.59. The van der Waals surface area contributed by atoms with Crippen LogP contribution in [0.4, 0.5) is 0 Å². The van der Waals surface area contributed by atoms with Gasteiger partial charge in [-0.25, -0.2) is 0 Å². The minimum Gasteiger partial charge on any atom is -0.598 e. The van der Waals surface area contributed by atoms with Crippen LogP contribution < -0.4 is 9.84 Å². The van der Waals surface area contributed by atoms with Crippen molar-refractivity contribution in [1.82, 2.24) is 0 Å². The average Bonchev–Trinajstić information content (AvgIpc) is 3.08. The molecule has 0 radical (unpaired) electrons. The van der Waals surface area contributed by atoms with E-state index in [-0.39, 0.29) is 41.6 Å². The SMILES string of the molecule is CCOc1ccc(Br)cc1S(=O)(=O)N=C1C=CC=CC1=C([O-])O[C@@H]1CCOC1=O. The van der Waals surface area contributed by atoms with Gasteiger partial charge in [0.2, 0.25) is 0 Å². The normalized spacial score (nSPS) is 21.9. The zero-order valence-electron chi connectivity index (χ0n) is 15.3. The highest BCUT2D eigenvalue weighted by Crippen LogP contribution is 2.30. The third-order valence-corrected chi connectivity index (χ3v) is 5.77. The van der Waals surface area contributed by atoms with Gasteiger partial charge in [-0.1, -0.05) is 34.2 Å². The summed E-state index contributed by atoms with van der Waals surface area (Å²) in [4.78, 5) is 11.4. The summed E-state index contributed by atoms with van der Waals surface area (Å²) in [6, 6.07) is 4.54. The monoisotopic (exact) mass is 482 g/mol. The maximum atomic E-state index is 12.9. The first-order chi connectivity index (χ1) is 13.8. The second kappa shape index (κ2) is 8.83. The van der Waals surface area contributed by atoms with Gasteiger partial charge in [0.25, 0.3) is 10.0 Å². The molecule has 1 heterocycles. The van der Waals surface area contributed by atoms with E-state index < -0.39 is 28.0 Å². The molecule has 2 aliphatic rings. The van der Waals surface area contributed by atoms with E-state index in [9.17, 15) is 18.3 Å². The molecule has 154 valence electrons. The Labute approximate surface area is 176 Å². The quantitative estimate of drug-likeness (QED) is 0.449. The van der Waals surface area contributed by atoms with E-state index >= 15 is 0 Å². The predicted octanol–water partition coefficient (Wildman–Crippen LogP) is 2.01. The summed E-state index contributed by atoms with van der Waals surface area (Å²) < 4.78 is 45.5. The fourth-order valence-corrected chi connectivity index (χ4v) is 4.33. The Morgan fingerprint density at radius 3 is 2.79 bits per heavy atom. The molecular weight excluding hydrogens is 466 g/mol. The van der Waals surface area contributed by atoms with Crippen molar-refractivity contribution >= 4 is 37.6 Å². The Morgan fingerprint density at radius 2 is 2.10 bits per heavy atom. The highest BCUT2D eigenvalue weighted by Gasteiger charge is 2.25. The summed E-state index contributed by atoms with van der Waals surface area (Å²) in [5.41, 5.74) is -0.185. The van der Waals surface area contributed by atoms with Crippen LogP contribution in [-0.4, -0.2) is 39.4 Å². The average molecular weight is 483 g/mol. The molecular formula is C19H17BrNO7S-. The van der Waals surface area contributed by atoms with Gasteiger partial charge < -0.3 is 19.3 Å². The first-order valence-corrected chi connectivity index (χ1v) is 10.9. The number of hydrogen-bond acceptors (Lipinski definition) is 7. The van der Waals surface area contributed by atoms with E-state index in [2.05, 4.69) is 20.3 Å². The maximum Gasteiger partial charge on any atom is 0.319 e. The second-order valence-corrected chi connectivity index (χ2v) is 8.45. The van der Waals surface area contributed by atoms with Gasteiger partial charge in [0.05, 0.1) is 24.9 Å². The highest BCUT2D eigenvalue weighted by atomic mass is 79.9. The second-order valence-electron chi connectivity index (χ2n) is 5.96. The van der Waals surface area contributed by atoms with Gasteiger partial charge in [0.15, 0.2) is 0 Å². The number of hydrogen-bond donors (Lipinski definition) is 0. The lowest BCUT2D eigenvalue weighted by Gasteiger charge is -2.23. The van der Waals surface area contributed by atoms with Crippen LogP contribution >= 0.6 is 15.9 Å². The van der Waals surface area contributed by atoms with Crippen molar-refractivity contribution in [1.29, 1.82) is 0 Å². The molecule has 29 heavy (non-hydrogen) atoms. The molecule has 3 rings (SSSR count). The fourth-order valence-electron chi connectivity index (χ4n) is 2.64. The molecule has 10 heteroatoms. The molecule has 0 aromatic heterocycles. The van der Waals surface area contributed by atoms with Gasteiger partial charge in [-0.15, -0.1) is 0 Å². The number of cyclic esters (lactones) is 1. The third-order valence-electron chi connectivity index (χ3n) is 3.96. The molecule has 1 fully saturated rings. The van der Waals surface area contributed by atoms with E-state index in [4.69, 9.17) is 14.2 Å². The molecule has 0 N–H and O–H groups in total.